The van der Waals surface area contributed by atoms with Crippen molar-refractivity contribution in [2.24, 2.45) is 11.3 Å². The van der Waals surface area contributed by atoms with E-state index < -0.39 is 5.82 Å². The van der Waals surface area contributed by atoms with Gasteiger partial charge in [0.1, 0.15) is 5.82 Å². The maximum Gasteiger partial charge on any atom is 0.322 e. The highest BCUT2D eigenvalue weighted by molar-refractivity contribution is 5.89. The van der Waals surface area contributed by atoms with Crippen LogP contribution in [0.2, 0.25) is 0 Å². The molecule has 39 heavy (non-hydrogen) atoms. The molecule has 206 valence electrons. The number of amides is 2. The number of anilines is 1. The van der Waals surface area contributed by atoms with Gasteiger partial charge in [-0.05, 0) is 89.7 Å². The van der Waals surface area contributed by atoms with Crippen molar-refractivity contribution in [1.29, 1.82) is 0 Å². The van der Waals surface area contributed by atoms with Crippen LogP contribution in [0.5, 0.6) is 0 Å². The molecule has 3 aromatic carbocycles. The molecule has 3 nitrogen and oxygen atoms in total. The van der Waals surface area contributed by atoms with Crippen molar-refractivity contribution in [2.45, 2.75) is 84.6 Å². The second-order valence-electron chi connectivity index (χ2n) is 12.8. The molecule has 2 amide bonds. The van der Waals surface area contributed by atoms with Crippen molar-refractivity contribution in [3.05, 3.63) is 100 Å². The summed E-state index contributed by atoms with van der Waals surface area (Å²) < 4.78 is 14.5. The molecule has 0 radical (unpaired) electrons. The van der Waals surface area contributed by atoms with E-state index in [-0.39, 0.29) is 22.5 Å². The van der Waals surface area contributed by atoms with Gasteiger partial charge in [0.15, 0.2) is 0 Å². The maximum atomic E-state index is 14.5. The number of rotatable bonds is 6. The van der Waals surface area contributed by atoms with Gasteiger partial charge >= 0.3 is 6.03 Å². The molecule has 3 atom stereocenters. The molecular formula is C35H43FN2O. The van der Waals surface area contributed by atoms with E-state index in [0.29, 0.717) is 24.9 Å². The molecule has 0 saturated heterocycles. The average Bonchev–Trinajstić information content (AvgIpc) is 2.90. The van der Waals surface area contributed by atoms with Crippen LogP contribution in [0, 0.1) is 24.1 Å². The summed E-state index contributed by atoms with van der Waals surface area (Å²) in [6, 6.07) is 21.7. The fourth-order valence-electron chi connectivity index (χ4n) is 7.50. The first-order valence-electron chi connectivity index (χ1n) is 14.6. The molecule has 4 heteroatoms. The van der Waals surface area contributed by atoms with Crippen LogP contribution in [0.3, 0.4) is 0 Å². The third-order valence-electron chi connectivity index (χ3n) is 9.62. The van der Waals surface area contributed by atoms with Crippen molar-refractivity contribution >= 4 is 11.7 Å². The molecule has 0 heterocycles. The topological polar surface area (TPSA) is 32.3 Å². The van der Waals surface area contributed by atoms with E-state index in [1.54, 1.807) is 18.2 Å². The molecule has 2 aliphatic rings. The van der Waals surface area contributed by atoms with Crippen LogP contribution in [0.15, 0.2) is 66.7 Å². The first-order chi connectivity index (χ1) is 18.6. The van der Waals surface area contributed by atoms with E-state index in [2.05, 4.69) is 82.4 Å². The number of aryl methyl sites for hydroxylation is 2. The summed E-state index contributed by atoms with van der Waals surface area (Å²) in [6.07, 6.45) is 5.63. The summed E-state index contributed by atoms with van der Waals surface area (Å²) in [5, 5.41) is 2.87. The standard InChI is InChI=1S/C35H43FN2O/c1-24(2)27-15-17-29-28(21-27)16-18-32-34(4,19-8-20-35(29,32)5)23-38(22-26-13-11-25(3)12-14-26)33(39)37-31-10-7-6-9-30(31)36/h6-7,9-15,17,21,24,32H,8,16,18-20,22-23H2,1-5H3,(H,37,39). The molecule has 1 N–H and O–H groups in total. The van der Waals surface area contributed by atoms with Crippen molar-refractivity contribution in [1.82, 2.24) is 4.90 Å². The van der Waals surface area contributed by atoms with Crippen molar-refractivity contribution < 1.29 is 9.18 Å². The normalized spacial score (nSPS) is 24.1. The quantitative estimate of drug-likeness (QED) is 0.341. The van der Waals surface area contributed by atoms with Gasteiger partial charge in [-0.2, -0.15) is 0 Å². The van der Waals surface area contributed by atoms with Crippen LogP contribution in [0.1, 0.15) is 87.1 Å². The summed E-state index contributed by atoms with van der Waals surface area (Å²) >= 11 is 0. The number of halogens is 1. The van der Waals surface area contributed by atoms with Crippen molar-refractivity contribution in [2.75, 3.05) is 11.9 Å². The van der Waals surface area contributed by atoms with Gasteiger partial charge in [0.2, 0.25) is 0 Å². The second kappa shape index (κ2) is 10.8. The van der Waals surface area contributed by atoms with Crippen LogP contribution in [-0.2, 0) is 18.4 Å². The zero-order valence-electron chi connectivity index (χ0n) is 24.2. The van der Waals surface area contributed by atoms with Crippen molar-refractivity contribution in [3.63, 3.8) is 0 Å². The molecule has 0 aliphatic heterocycles. The maximum absolute atomic E-state index is 14.5. The van der Waals surface area contributed by atoms with Gasteiger partial charge in [0.05, 0.1) is 5.69 Å². The summed E-state index contributed by atoms with van der Waals surface area (Å²) in [5.74, 6) is 0.584. The Morgan fingerprint density at radius 2 is 1.79 bits per heavy atom. The van der Waals surface area contributed by atoms with E-state index in [0.717, 1.165) is 31.2 Å². The third kappa shape index (κ3) is 5.48. The van der Waals surface area contributed by atoms with E-state index in [1.807, 2.05) is 4.90 Å². The van der Waals surface area contributed by atoms with Crippen molar-refractivity contribution in [3.8, 4) is 0 Å². The van der Waals surface area contributed by atoms with Crippen LogP contribution in [-0.4, -0.2) is 17.5 Å². The Kier molecular flexibility index (Phi) is 7.59. The van der Waals surface area contributed by atoms with Gasteiger partial charge < -0.3 is 10.2 Å². The van der Waals surface area contributed by atoms with Gasteiger partial charge in [-0.25, -0.2) is 9.18 Å². The van der Waals surface area contributed by atoms with Gasteiger partial charge in [-0.1, -0.05) is 94.3 Å². The number of nitrogens with zero attached hydrogens (tertiary/aromatic N) is 1. The molecule has 0 spiro atoms. The molecule has 1 saturated carbocycles. The molecule has 0 bridgehead atoms. The molecule has 0 aromatic heterocycles. The fourth-order valence-corrected chi connectivity index (χ4v) is 7.50. The number of carbonyl (C=O) groups excluding carboxylic acids is 1. The number of hydrogen-bond acceptors (Lipinski definition) is 1. The molecule has 3 aromatic rings. The molecular weight excluding hydrogens is 483 g/mol. The summed E-state index contributed by atoms with van der Waals surface area (Å²) in [4.78, 5) is 15.7. The number of urea groups is 1. The number of hydrogen-bond donors (Lipinski definition) is 1. The first-order valence-corrected chi connectivity index (χ1v) is 14.6. The van der Waals surface area contributed by atoms with Gasteiger partial charge in [0.25, 0.3) is 0 Å². The minimum atomic E-state index is -0.415. The Labute approximate surface area is 233 Å². The molecule has 1 fully saturated rings. The Hall–Kier alpha value is -3.14. The Balaban J connectivity index is 1.45. The first kappa shape index (κ1) is 27.4. The number of para-hydroxylation sites is 1. The number of carbonyl (C=O) groups is 1. The monoisotopic (exact) mass is 526 g/mol. The second-order valence-corrected chi connectivity index (χ2v) is 12.8. The highest BCUT2D eigenvalue weighted by Gasteiger charge is 2.52. The molecule has 3 unspecified atom stereocenters. The van der Waals surface area contributed by atoms with Gasteiger partial charge in [0, 0.05) is 13.1 Å². The smallest absolute Gasteiger partial charge is 0.320 e. The lowest BCUT2D eigenvalue weighted by molar-refractivity contribution is 0.00467. The van der Waals surface area contributed by atoms with E-state index in [1.165, 1.54) is 34.7 Å². The average molecular weight is 527 g/mol. The predicted octanol–water partition coefficient (Wildman–Crippen LogP) is 9.00. The highest BCUT2D eigenvalue weighted by Crippen LogP contribution is 2.57. The van der Waals surface area contributed by atoms with E-state index in [4.69, 9.17) is 0 Å². The molecule has 5 rings (SSSR count). The zero-order chi connectivity index (χ0) is 27.8. The number of fused-ring (bicyclic) bond motifs is 3. The largest absolute Gasteiger partial charge is 0.322 e. The van der Waals surface area contributed by atoms with Crippen LogP contribution in [0.25, 0.3) is 0 Å². The Morgan fingerprint density at radius 3 is 2.51 bits per heavy atom. The minimum absolute atomic E-state index is 0.0430. The predicted molar refractivity (Wildman–Crippen MR) is 159 cm³/mol. The van der Waals surface area contributed by atoms with Gasteiger partial charge in [-0.15, -0.1) is 0 Å². The number of nitrogens with one attached hydrogen (secondary N) is 1. The Morgan fingerprint density at radius 1 is 1.05 bits per heavy atom. The summed E-state index contributed by atoms with van der Waals surface area (Å²) in [6.45, 7) is 12.6. The minimum Gasteiger partial charge on any atom is -0.320 e. The summed E-state index contributed by atoms with van der Waals surface area (Å²) in [7, 11) is 0. The summed E-state index contributed by atoms with van der Waals surface area (Å²) in [5.41, 5.74) is 6.99. The van der Waals surface area contributed by atoms with Crippen LogP contribution in [0.4, 0.5) is 14.9 Å². The lowest BCUT2D eigenvalue weighted by Crippen LogP contribution is -2.54. The van der Waals surface area contributed by atoms with Crippen LogP contribution >= 0.6 is 0 Å². The highest BCUT2D eigenvalue weighted by atomic mass is 19.1. The van der Waals surface area contributed by atoms with Crippen LogP contribution < -0.4 is 5.32 Å². The molecule has 2 aliphatic carbocycles. The lowest BCUT2D eigenvalue weighted by Gasteiger charge is -2.56. The lowest BCUT2D eigenvalue weighted by atomic mass is 9.49. The zero-order valence-corrected chi connectivity index (χ0v) is 24.2. The third-order valence-corrected chi connectivity index (χ3v) is 9.62. The van der Waals surface area contributed by atoms with E-state index in [9.17, 15) is 9.18 Å². The van der Waals surface area contributed by atoms with Gasteiger partial charge in [-0.3, -0.25) is 0 Å². The Bertz CT molecular complexity index is 1330. The SMILES string of the molecule is Cc1ccc(CN(CC2(C)CCCC3(C)c4ccc(C(C)C)cc4CCC23)C(=O)Nc2ccccc2F)cc1. The number of benzene rings is 3. The van der Waals surface area contributed by atoms with E-state index >= 15 is 0 Å². The fraction of sp³-hybridized carbons (Fsp3) is 0.457.